The van der Waals surface area contributed by atoms with Crippen molar-refractivity contribution < 1.29 is 9.90 Å². The topological polar surface area (TPSA) is 66.0 Å². The highest BCUT2D eigenvalue weighted by molar-refractivity contribution is 5.66. The number of carboxylic acids is 1. The van der Waals surface area contributed by atoms with Gasteiger partial charge in [0.25, 0.3) is 0 Å². The van der Waals surface area contributed by atoms with Crippen LogP contribution in [0.5, 0.6) is 0 Å². The second-order valence-corrected chi connectivity index (χ2v) is 4.32. The van der Waals surface area contributed by atoms with E-state index in [1.807, 2.05) is 0 Å². The quantitative estimate of drug-likeness (QED) is 0.709. The third-order valence-corrected chi connectivity index (χ3v) is 2.40. The van der Waals surface area contributed by atoms with Gasteiger partial charge in [-0.15, -0.1) is 0 Å². The molecule has 0 atom stereocenters. The van der Waals surface area contributed by atoms with E-state index in [-0.39, 0.29) is 0 Å². The maximum Gasteiger partial charge on any atom is 0.303 e. The summed E-state index contributed by atoms with van der Waals surface area (Å²) in [6, 6.07) is 0. The minimum atomic E-state index is -0.670. The van der Waals surface area contributed by atoms with E-state index < -0.39 is 5.97 Å². The number of carboxylic acid groups (broad SMARTS) is 1. The van der Waals surface area contributed by atoms with Crippen LogP contribution in [0, 0.1) is 0 Å². The Morgan fingerprint density at radius 1 is 1.05 bits per heavy atom. The first-order valence-corrected chi connectivity index (χ1v) is 7.33. The lowest BCUT2D eigenvalue weighted by atomic mass is 10.1. The second-order valence-electron chi connectivity index (χ2n) is 4.32. The highest BCUT2D eigenvalue weighted by Gasteiger charge is 1.94. The lowest BCUT2D eigenvalue weighted by molar-refractivity contribution is -0.137. The van der Waals surface area contributed by atoms with Gasteiger partial charge in [0.2, 0.25) is 0 Å². The first-order valence-electron chi connectivity index (χ1n) is 7.33. The first-order chi connectivity index (χ1) is 9.18. The van der Waals surface area contributed by atoms with Crippen LogP contribution < -0.4 is 0 Å². The molecule has 0 amide bonds. The van der Waals surface area contributed by atoms with Gasteiger partial charge >= 0.3 is 5.97 Å². The van der Waals surface area contributed by atoms with Crippen LogP contribution in [0.4, 0.5) is 0 Å². The predicted octanol–water partition coefficient (Wildman–Crippen LogP) is 4.65. The molecule has 1 heterocycles. The Kier molecular flexibility index (Phi) is 20.0. The molecule has 112 valence electrons. The Morgan fingerprint density at radius 3 is 2.00 bits per heavy atom. The summed E-state index contributed by atoms with van der Waals surface area (Å²) in [5.74, 6) is -0.670. The van der Waals surface area contributed by atoms with Gasteiger partial charge in [-0.25, -0.2) is 4.98 Å². The van der Waals surface area contributed by atoms with Gasteiger partial charge in [-0.3, -0.25) is 4.79 Å². The molecule has 0 unspecified atom stereocenters. The van der Waals surface area contributed by atoms with Crippen molar-refractivity contribution >= 4 is 5.97 Å². The molecule has 0 aliphatic rings. The average Bonchev–Trinajstić information content (AvgIpc) is 2.98. The van der Waals surface area contributed by atoms with Crippen molar-refractivity contribution in [1.82, 2.24) is 9.97 Å². The molecule has 0 saturated heterocycles. The molecule has 4 nitrogen and oxygen atoms in total. The molecule has 0 spiro atoms. The number of imidazole rings is 1. The van der Waals surface area contributed by atoms with Crippen molar-refractivity contribution in [3.8, 4) is 0 Å². The minimum Gasteiger partial charge on any atom is -0.481 e. The van der Waals surface area contributed by atoms with Crippen LogP contribution in [0.1, 0.15) is 72.1 Å². The summed E-state index contributed by atoms with van der Waals surface area (Å²) in [6.45, 7) is 6.51. The van der Waals surface area contributed by atoms with Crippen molar-refractivity contribution in [3.63, 3.8) is 0 Å². The monoisotopic (exact) mass is 270 g/mol. The summed E-state index contributed by atoms with van der Waals surface area (Å²) >= 11 is 0. The number of aliphatic carboxylic acids is 1. The molecule has 19 heavy (non-hydrogen) atoms. The zero-order valence-electron chi connectivity index (χ0n) is 12.7. The van der Waals surface area contributed by atoms with Gasteiger partial charge in [0.05, 0.1) is 6.33 Å². The fraction of sp³-hybridized carbons (Fsp3) is 0.733. The number of carbonyl (C=O) groups is 1. The number of aromatic nitrogens is 2. The Morgan fingerprint density at radius 2 is 1.68 bits per heavy atom. The fourth-order valence-corrected chi connectivity index (χ4v) is 1.09. The molecule has 0 aromatic carbocycles. The van der Waals surface area contributed by atoms with Gasteiger partial charge in [-0.1, -0.05) is 59.3 Å². The van der Waals surface area contributed by atoms with Gasteiger partial charge in [0.15, 0.2) is 0 Å². The van der Waals surface area contributed by atoms with Crippen molar-refractivity contribution in [2.45, 2.75) is 72.1 Å². The van der Waals surface area contributed by atoms with Gasteiger partial charge < -0.3 is 10.1 Å². The second kappa shape index (κ2) is 19.0. The van der Waals surface area contributed by atoms with Gasteiger partial charge in [0.1, 0.15) is 0 Å². The summed E-state index contributed by atoms with van der Waals surface area (Å²) in [5.41, 5.74) is 0. The van der Waals surface area contributed by atoms with Crippen molar-refractivity contribution in [1.29, 1.82) is 0 Å². The molecule has 0 aliphatic carbocycles. The van der Waals surface area contributed by atoms with Crippen LogP contribution in [0.2, 0.25) is 0 Å². The molecule has 1 aromatic rings. The lowest BCUT2D eigenvalue weighted by Crippen LogP contribution is -1.93. The number of hydrogen-bond donors (Lipinski definition) is 2. The molecular weight excluding hydrogens is 240 g/mol. The van der Waals surface area contributed by atoms with Crippen molar-refractivity contribution in [2.75, 3.05) is 0 Å². The molecule has 0 bridgehead atoms. The maximum absolute atomic E-state index is 10.0. The SMILES string of the molecule is CCCC.CCCCCCCC(=O)O.c1c[nH]cn1. The van der Waals surface area contributed by atoms with Gasteiger partial charge in [-0.2, -0.15) is 0 Å². The molecule has 0 fully saturated rings. The molecular formula is C15H30N2O2. The zero-order chi connectivity index (χ0) is 14.8. The Balaban J connectivity index is 0. The van der Waals surface area contributed by atoms with Gasteiger partial charge in [0, 0.05) is 18.8 Å². The lowest BCUT2D eigenvalue weighted by Gasteiger charge is -1.95. The van der Waals surface area contributed by atoms with E-state index >= 15 is 0 Å². The van der Waals surface area contributed by atoms with Crippen LogP contribution in [-0.4, -0.2) is 21.0 Å². The number of unbranched alkanes of at least 4 members (excludes halogenated alkanes) is 5. The summed E-state index contributed by atoms with van der Waals surface area (Å²) in [5, 5.41) is 8.27. The highest BCUT2D eigenvalue weighted by atomic mass is 16.4. The van der Waals surface area contributed by atoms with Crippen molar-refractivity contribution in [3.05, 3.63) is 18.7 Å². The molecule has 2 N–H and O–H groups in total. The van der Waals surface area contributed by atoms with E-state index in [4.69, 9.17) is 5.11 Å². The number of nitrogens with zero attached hydrogens (tertiary/aromatic N) is 1. The number of nitrogens with one attached hydrogen (secondary N) is 1. The molecule has 1 rings (SSSR count). The van der Waals surface area contributed by atoms with Gasteiger partial charge in [-0.05, 0) is 6.42 Å². The number of aromatic amines is 1. The zero-order valence-corrected chi connectivity index (χ0v) is 12.7. The Hall–Kier alpha value is -1.32. The maximum atomic E-state index is 10.0. The number of rotatable bonds is 7. The van der Waals surface area contributed by atoms with Crippen molar-refractivity contribution in [2.24, 2.45) is 0 Å². The Bertz CT molecular complexity index is 229. The van der Waals surface area contributed by atoms with Crippen LogP contribution >= 0.6 is 0 Å². The third-order valence-electron chi connectivity index (χ3n) is 2.40. The minimum absolute atomic E-state index is 0.337. The summed E-state index contributed by atoms with van der Waals surface area (Å²) < 4.78 is 0. The normalized spacial score (nSPS) is 8.79. The number of hydrogen-bond acceptors (Lipinski definition) is 2. The largest absolute Gasteiger partial charge is 0.481 e. The number of H-pyrrole nitrogens is 1. The highest BCUT2D eigenvalue weighted by Crippen LogP contribution is 2.04. The summed E-state index contributed by atoms with van der Waals surface area (Å²) in [7, 11) is 0. The summed E-state index contributed by atoms with van der Waals surface area (Å²) in [4.78, 5) is 16.4. The molecule has 1 aromatic heterocycles. The van der Waals surface area contributed by atoms with Crippen LogP contribution in [0.25, 0.3) is 0 Å². The predicted molar refractivity (Wildman–Crippen MR) is 80.2 cm³/mol. The first kappa shape index (κ1) is 20.0. The Labute approximate surface area is 117 Å². The van der Waals surface area contributed by atoms with E-state index in [2.05, 4.69) is 30.7 Å². The van der Waals surface area contributed by atoms with E-state index in [1.165, 1.54) is 32.1 Å². The average molecular weight is 270 g/mol. The van der Waals surface area contributed by atoms with Crippen LogP contribution in [0.15, 0.2) is 18.7 Å². The van der Waals surface area contributed by atoms with Crippen LogP contribution in [-0.2, 0) is 4.79 Å². The molecule has 4 heteroatoms. The van der Waals surface area contributed by atoms with E-state index in [1.54, 1.807) is 18.7 Å². The van der Waals surface area contributed by atoms with Crippen LogP contribution in [0.3, 0.4) is 0 Å². The standard InChI is InChI=1S/C8H16O2.C4H10.C3H4N2/c1-2-3-4-5-6-7-8(9)10;1-3-4-2;1-2-5-3-4-1/h2-7H2,1H3,(H,9,10);3-4H2,1-2H3;1-3H,(H,4,5). The van der Waals surface area contributed by atoms with E-state index in [0.29, 0.717) is 6.42 Å². The molecule has 0 radical (unpaired) electrons. The van der Waals surface area contributed by atoms with E-state index in [0.717, 1.165) is 12.8 Å². The fourth-order valence-electron chi connectivity index (χ4n) is 1.09. The summed E-state index contributed by atoms with van der Waals surface area (Å²) in [6.07, 6.45) is 13.6. The smallest absolute Gasteiger partial charge is 0.303 e. The molecule has 0 saturated carbocycles. The molecule has 0 aliphatic heterocycles. The van der Waals surface area contributed by atoms with E-state index in [9.17, 15) is 4.79 Å². The third kappa shape index (κ3) is 26.3.